The molecular weight excluding hydrogens is 546 g/mol. The fraction of sp³-hybridized carbons (Fsp3) is 0.559. The van der Waals surface area contributed by atoms with E-state index >= 15 is 0 Å². The molecule has 0 aliphatic carbocycles. The van der Waals surface area contributed by atoms with Gasteiger partial charge in [-0.05, 0) is 114 Å². The molecule has 0 aliphatic heterocycles. The third-order valence-corrected chi connectivity index (χ3v) is 8.01. The van der Waals surface area contributed by atoms with Crippen molar-refractivity contribution in [3.63, 3.8) is 0 Å². The molecule has 0 saturated carbocycles. The fourth-order valence-electron chi connectivity index (χ4n) is 4.84. The van der Waals surface area contributed by atoms with Crippen molar-refractivity contribution in [2.24, 2.45) is 5.92 Å². The summed E-state index contributed by atoms with van der Waals surface area (Å²) in [5.41, 5.74) is 3.68. The summed E-state index contributed by atoms with van der Waals surface area (Å²) in [4.78, 5) is 43.6. The van der Waals surface area contributed by atoms with E-state index in [1.165, 1.54) is 0 Å². The third-order valence-electron chi connectivity index (χ3n) is 7.36. The number of rotatable bonds is 13. The van der Waals surface area contributed by atoms with Crippen molar-refractivity contribution >= 4 is 35.4 Å². The number of aryl methyl sites for hydroxylation is 2. The fourth-order valence-corrected chi connectivity index (χ4v) is 5.31. The molecule has 0 heterocycles. The van der Waals surface area contributed by atoms with Gasteiger partial charge in [-0.25, -0.2) is 4.79 Å². The largest absolute Gasteiger partial charge is 0.444 e. The number of benzene rings is 2. The lowest BCUT2D eigenvalue weighted by Gasteiger charge is -2.39. The number of hydrogen-bond donors (Lipinski definition) is 2. The van der Waals surface area contributed by atoms with Gasteiger partial charge in [0.25, 0.3) is 5.91 Å². The predicted octanol–water partition coefficient (Wildman–Crippen LogP) is 7.59. The SMILES string of the molecule is CSCCC(NC(=O)OC(C)(C)C)C(=O)N(C(C)CCC(C)C)C(C(=O)Nc1ccccc1C)c1cccc(C)c1C. The molecule has 232 valence electrons. The minimum atomic E-state index is -0.906. The lowest BCUT2D eigenvalue weighted by molar-refractivity contribution is -0.143. The van der Waals surface area contributed by atoms with Gasteiger partial charge in [-0.3, -0.25) is 9.59 Å². The lowest BCUT2D eigenvalue weighted by Crippen LogP contribution is -2.55. The molecule has 0 aromatic heterocycles. The third kappa shape index (κ3) is 10.4. The van der Waals surface area contributed by atoms with Crippen LogP contribution in [0.5, 0.6) is 0 Å². The summed E-state index contributed by atoms with van der Waals surface area (Å²) in [5.74, 6) is 0.501. The highest BCUT2D eigenvalue weighted by Crippen LogP contribution is 2.32. The van der Waals surface area contributed by atoms with Crippen LogP contribution < -0.4 is 10.6 Å². The van der Waals surface area contributed by atoms with E-state index in [1.54, 1.807) is 37.4 Å². The Morgan fingerprint density at radius 1 is 0.905 bits per heavy atom. The van der Waals surface area contributed by atoms with Crippen LogP contribution in [0.25, 0.3) is 0 Å². The van der Waals surface area contributed by atoms with Gasteiger partial charge in [-0.15, -0.1) is 0 Å². The summed E-state index contributed by atoms with van der Waals surface area (Å²) in [6.07, 6.45) is 3.32. The summed E-state index contributed by atoms with van der Waals surface area (Å²) in [6, 6.07) is 11.5. The van der Waals surface area contributed by atoms with Gasteiger partial charge in [0.15, 0.2) is 0 Å². The summed E-state index contributed by atoms with van der Waals surface area (Å²) in [7, 11) is 0. The van der Waals surface area contributed by atoms with Crippen LogP contribution in [-0.4, -0.2) is 52.5 Å². The van der Waals surface area contributed by atoms with Crippen molar-refractivity contribution in [3.8, 4) is 0 Å². The Kier molecular flexibility index (Phi) is 13.4. The van der Waals surface area contributed by atoms with Crippen molar-refractivity contribution in [1.82, 2.24) is 10.2 Å². The number of hydrogen-bond acceptors (Lipinski definition) is 5. The van der Waals surface area contributed by atoms with E-state index in [1.807, 2.05) is 76.4 Å². The molecule has 8 heteroatoms. The number of nitrogens with zero attached hydrogens (tertiary/aromatic N) is 1. The lowest BCUT2D eigenvalue weighted by atomic mass is 9.92. The van der Waals surface area contributed by atoms with Crippen LogP contribution in [0, 0.1) is 26.7 Å². The van der Waals surface area contributed by atoms with E-state index < -0.39 is 23.8 Å². The Hall–Kier alpha value is -3.00. The Morgan fingerprint density at radius 3 is 2.14 bits per heavy atom. The van der Waals surface area contributed by atoms with Crippen molar-refractivity contribution in [2.45, 2.75) is 105 Å². The van der Waals surface area contributed by atoms with Crippen LogP contribution in [0.1, 0.15) is 89.1 Å². The van der Waals surface area contributed by atoms with E-state index in [4.69, 9.17) is 4.74 Å². The van der Waals surface area contributed by atoms with Gasteiger partial charge in [0.05, 0.1) is 0 Å². The molecule has 42 heavy (non-hydrogen) atoms. The standard InChI is InChI=1S/C34H51N3O4S/c1-22(2)18-19-25(5)37(32(39)29(20-21-42-10)36-33(40)41-34(7,8)9)30(27-16-13-15-23(3)26(27)6)31(38)35-28-17-12-11-14-24(28)4/h11-17,22,25,29-30H,18-21H2,1-10H3,(H,35,38)(H,36,40). The maximum absolute atomic E-state index is 14.6. The molecule has 3 unspecified atom stereocenters. The number of alkyl carbamates (subject to hydrolysis) is 1. The number of ether oxygens (including phenoxy) is 1. The van der Waals surface area contributed by atoms with Crippen LogP contribution in [0.3, 0.4) is 0 Å². The summed E-state index contributed by atoms with van der Waals surface area (Å²) < 4.78 is 5.53. The molecule has 3 amide bonds. The summed E-state index contributed by atoms with van der Waals surface area (Å²) in [5, 5.41) is 5.96. The number of carbonyl (C=O) groups is 3. The van der Waals surface area contributed by atoms with Crippen LogP contribution in [0.4, 0.5) is 10.5 Å². The number of carbonyl (C=O) groups excluding carboxylic acids is 3. The minimum absolute atomic E-state index is 0.273. The molecule has 3 atom stereocenters. The average molecular weight is 598 g/mol. The monoisotopic (exact) mass is 597 g/mol. The zero-order valence-corrected chi connectivity index (χ0v) is 28.0. The van der Waals surface area contributed by atoms with Crippen LogP contribution >= 0.6 is 11.8 Å². The van der Waals surface area contributed by atoms with Gasteiger partial charge in [-0.1, -0.05) is 50.2 Å². The summed E-state index contributed by atoms with van der Waals surface area (Å²) in [6.45, 7) is 17.6. The number of anilines is 1. The molecule has 2 N–H and O–H groups in total. The molecular formula is C34H51N3O4S. The first kappa shape index (κ1) is 35.2. The first-order valence-corrected chi connectivity index (χ1v) is 16.3. The van der Waals surface area contributed by atoms with Gasteiger partial charge in [0.2, 0.25) is 5.91 Å². The van der Waals surface area contributed by atoms with Crippen molar-refractivity contribution in [1.29, 1.82) is 0 Å². The van der Waals surface area contributed by atoms with Crippen LogP contribution in [0.15, 0.2) is 42.5 Å². The number of thioether (sulfide) groups is 1. The van der Waals surface area contributed by atoms with Crippen molar-refractivity contribution in [3.05, 3.63) is 64.7 Å². The maximum atomic E-state index is 14.6. The Morgan fingerprint density at radius 2 is 1.55 bits per heavy atom. The van der Waals surface area contributed by atoms with Gasteiger partial charge < -0.3 is 20.3 Å². The highest BCUT2D eigenvalue weighted by atomic mass is 32.2. The maximum Gasteiger partial charge on any atom is 0.408 e. The predicted molar refractivity (Wildman–Crippen MR) is 175 cm³/mol. The van der Waals surface area contributed by atoms with Crippen LogP contribution in [0.2, 0.25) is 0 Å². The van der Waals surface area contributed by atoms with E-state index in [0.717, 1.165) is 28.7 Å². The quantitative estimate of drug-likeness (QED) is 0.248. The second-order valence-electron chi connectivity index (χ2n) is 12.5. The number of nitrogens with one attached hydrogen (secondary N) is 2. The van der Waals surface area contributed by atoms with Gasteiger partial charge >= 0.3 is 6.09 Å². The molecule has 2 rings (SSSR count). The second-order valence-corrected chi connectivity index (χ2v) is 13.5. The molecule has 0 bridgehead atoms. The van der Waals surface area contributed by atoms with Crippen molar-refractivity contribution < 1.29 is 19.1 Å². The molecule has 0 spiro atoms. The van der Waals surface area contributed by atoms with E-state index in [-0.39, 0.29) is 17.9 Å². The Bertz CT molecular complexity index is 1210. The molecule has 7 nitrogen and oxygen atoms in total. The zero-order valence-electron chi connectivity index (χ0n) is 27.2. The minimum Gasteiger partial charge on any atom is -0.444 e. The van der Waals surface area contributed by atoms with Gasteiger partial charge in [0, 0.05) is 11.7 Å². The number of amides is 3. The van der Waals surface area contributed by atoms with Gasteiger partial charge in [-0.2, -0.15) is 11.8 Å². The second kappa shape index (κ2) is 16.0. The smallest absolute Gasteiger partial charge is 0.408 e. The zero-order chi connectivity index (χ0) is 31.6. The molecule has 2 aromatic rings. The first-order chi connectivity index (χ1) is 19.7. The topological polar surface area (TPSA) is 87.7 Å². The summed E-state index contributed by atoms with van der Waals surface area (Å²) >= 11 is 1.60. The average Bonchev–Trinajstić information content (AvgIpc) is 2.90. The Labute approximate surface area is 257 Å². The molecule has 0 fully saturated rings. The molecule has 0 radical (unpaired) electrons. The van der Waals surface area contributed by atoms with E-state index in [2.05, 4.69) is 24.5 Å². The molecule has 0 aliphatic rings. The van der Waals surface area contributed by atoms with Crippen molar-refractivity contribution in [2.75, 3.05) is 17.3 Å². The molecule has 2 aromatic carbocycles. The van der Waals surface area contributed by atoms with Crippen LogP contribution in [-0.2, 0) is 14.3 Å². The highest BCUT2D eigenvalue weighted by molar-refractivity contribution is 7.98. The van der Waals surface area contributed by atoms with E-state index in [0.29, 0.717) is 30.2 Å². The highest BCUT2D eigenvalue weighted by Gasteiger charge is 2.39. The Balaban J connectivity index is 2.68. The normalized spacial score (nSPS) is 13.7. The van der Waals surface area contributed by atoms with Gasteiger partial charge in [0.1, 0.15) is 17.7 Å². The number of para-hydroxylation sites is 1. The first-order valence-electron chi connectivity index (χ1n) is 14.9. The van der Waals surface area contributed by atoms with E-state index in [9.17, 15) is 14.4 Å². The molecule has 0 saturated heterocycles.